The molecule has 2 aromatic rings. The summed E-state index contributed by atoms with van der Waals surface area (Å²) in [5.41, 5.74) is 3.12. The number of hydrogen-bond donors (Lipinski definition) is 1. The third-order valence-electron chi connectivity index (χ3n) is 5.29. The molecule has 0 spiro atoms. The molecule has 9 heteroatoms. The zero-order valence-corrected chi connectivity index (χ0v) is 16.8. The lowest BCUT2D eigenvalue weighted by Crippen LogP contribution is -2.43. The number of nitrogens with one attached hydrogen (secondary N) is 1. The highest BCUT2D eigenvalue weighted by molar-refractivity contribution is 6.25. The topological polar surface area (TPSA) is 104 Å². The Morgan fingerprint density at radius 3 is 2.47 bits per heavy atom. The highest BCUT2D eigenvalue weighted by atomic mass is 16.5. The van der Waals surface area contributed by atoms with Gasteiger partial charge in [0.05, 0.1) is 12.8 Å². The zero-order valence-electron chi connectivity index (χ0n) is 16.8. The number of carbonyl (C=O) groups is 3. The molecule has 2 atom stereocenters. The molecule has 4 rings (SSSR count). The summed E-state index contributed by atoms with van der Waals surface area (Å²) in [4.78, 5) is 39.4. The van der Waals surface area contributed by atoms with Crippen LogP contribution in [0, 0.1) is 13.8 Å². The average molecular weight is 407 g/mol. The summed E-state index contributed by atoms with van der Waals surface area (Å²) in [5.74, 6) is -0.569. The monoisotopic (exact) mass is 407 g/mol. The molecular weight excluding hydrogens is 386 g/mol. The van der Waals surface area contributed by atoms with Crippen molar-refractivity contribution in [3.05, 3.63) is 53.6 Å². The second-order valence-corrected chi connectivity index (χ2v) is 7.25. The lowest BCUT2D eigenvalue weighted by atomic mass is 10.1. The van der Waals surface area contributed by atoms with Gasteiger partial charge in [0.15, 0.2) is 12.1 Å². The number of imide groups is 1. The summed E-state index contributed by atoms with van der Waals surface area (Å²) >= 11 is 0. The van der Waals surface area contributed by atoms with Crippen LogP contribution >= 0.6 is 0 Å². The number of rotatable bonds is 5. The molecule has 0 bridgehead atoms. The first kappa shape index (κ1) is 19.6. The van der Waals surface area contributed by atoms with Crippen molar-refractivity contribution in [1.29, 1.82) is 0 Å². The van der Waals surface area contributed by atoms with Crippen LogP contribution in [-0.2, 0) is 14.4 Å². The smallest absolute Gasteiger partial charge is 0.263 e. The molecule has 2 aliphatic rings. The molecule has 9 nitrogen and oxygen atoms in total. The van der Waals surface area contributed by atoms with E-state index in [-0.39, 0.29) is 12.5 Å². The standard InChI is InChI=1S/C21H21N5O4/c1-12-4-7-15(10-13(12)2)26-20(28)18-19(21(26)29)25(24-23-18)11-17(27)22-14-5-8-16(30-3)9-6-14/h4-10,18-19H,11H2,1-3H3,(H,22,27)/t18-,19+/m1/s1. The molecule has 154 valence electrons. The van der Waals surface area contributed by atoms with Gasteiger partial charge in [0.1, 0.15) is 12.3 Å². The predicted molar refractivity (Wildman–Crippen MR) is 109 cm³/mol. The number of methoxy groups -OCH3 is 1. The Balaban J connectivity index is 1.47. The minimum atomic E-state index is -0.937. The Bertz CT molecular complexity index is 1050. The van der Waals surface area contributed by atoms with Gasteiger partial charge in [-0.15, -0.1) is 0 Å². The van der Waals surface area contributed by atoms with Crippen molar-refractivity contribution in [2.45, 2.75) is 25.9 Å². The van der Waals surface area contributed by atoms with E-state index >= 15 is 0 Å². The fourth-order valence-corrected chi connectivity index (χ4v) is 3.49. The van der Waals surface area contributed by atoms with Crippen LogP contribution in [0.2, 0.25) is 0 Å². The number of nitrogens with zero attached hydrogens (tertiary/aromatic N) is 4. The molecule has 30 heavy (non-hydrogen) atoms. The minimum absolute atomic E-state index is 0.198. The number of anilines is 2. The number of aryl methyl sites for hydroxylation is 2. The van der Waals surface area contributed by atoms with Gasteiger partial charge in [-0.05, 0) is 61.4 Å². The summed E-state index contributed by atoms with van der Waals surface area (Å²) in [5, 5.41) is 11.9. The molecule has 1 N–H and O–H groups in total. The molecule has 3 amide bonds. The van der Waals surface area contributed by atoms with E-state index < -0.39 is 23.9 Å². The van der Waals surface area contributed by atoms with Gasteiger partial charge in [0, 0.05) is 5.69 Å². The van der Waals surface area contributed by atoms with Crippen molar-refractivity contribution in [3.63, 3.8) is 0 Å². The summed E-state index contributed by atoms with van der Waals surface area (Å²) in [6.07, 6.45) is 0. The van der Waals surface area contributed by atoms with Crippen molar-refractivity contribution in [1.82, 2.24) is 5.01 Å². The van der Waals surface area contributed by atoms with Crippen LogP contribution in [0.25, 0.3) is 0 Å². The molecular formula is C21H21N5O4. The van der Waals surface area contributed by atoms with E-state index in [2.05, 4.69) is 15.7 Å². The van der Waals surface area contributed by atoms with Crippen LogP contribution < -0.4 is 15.0 Å². The number of amides is 3. The van der Waals surface area contributed by atoms with E-state index in [1.54, 1.807) is 43.5 Å². The first-order valence-corrected chi connectivity index (χ1v) is 9.45. The molecule has 0 aromatic heterocycles. The van der Waals surface area contributed by atoms with E-state index in [1.165, 1.54) is 5.01 Å². The fourth-order valence-electron chi connectivity index (χ4n) is 3.49. The van der Waals surface area contributed by atoms with Crippen molar-refractivity contribution in [2.24, 2.45) is 10.3 Å². The van der Waals surface area contributed by atoms with E-state index in [0.29, 0.717) is 17.1 Å². The SMILES string of the molecule is COc1ccc(NC(=O)CN2N=N[C@H]3C(=O)N(c4ccc(C)c(C)c4)C(=O)[C@H]32)cc1. The maximum atomic E-state index is 13.0. The summed E-state index contributed by atoms with van der Waals surface area (Å²) in [6.45, 7) is 3.68. The van der Waals surface area contributed by atoms with Gasteiger partial charge in [0.25, 0.3) is 11.8 Å². The first-order chi connectivity index (χ1) is 14.4. The van der Waals surface area contributed by atoms with Crippen LogP contribution in [0.15, 0.2) is 52.8 Å². The number of fused-ring (bicyclic) bond motifs is 1. The lowest BCUT2D eigenvalue weighted by molar-refractivity contribution is -0.123. The Labute approximate surface area is 173 Å². The van der Waals surface area contributed by atoms with Gasteiger partial charge in [-0.1, -0.05) is 11.3 Å². The molecule has 0 unspecified atom stereocenters. The lowest BCUT2D eigenvalue weighted by Gasteiger charge is -2.20. The van der Waals surface area contributed by atoms with Gasteiger partial charge in [-0.3, -0.25) is 19.4 Å². The Hall–Kier alpha value is -3.75. The van der Waals surface area contributed by atoms with Crippen molar-refractivity contribution < 1.29 is 19.1 Å². The normalized spacial score (nSPS) is 20.0. The van der Waals surface area contributed by atoms with Crippen molar-refractivity contribution >= 4 is 29.1 Å². The van der Waals surface area contributed by atoms with Crippen molar-refractivity contribution in [3.8, 4) is 5.75 Å². The highest BCUT2D eigenvalue weighted by Crippen LogP contribution is 2.32. The quantitative estimate of drug-likeness (QED) is 0.766. The van der Waals surface area contributed by atoms with Gasteiger partial charge < -0.3 is 10.1 Å². The van der Waals surface area contributed by atoms with Gasteiger partial charge in [0.2, 0.25) is 5.91 Å². The van der Waals surface area contributed by atoms with Crippen LogP contribution in [-0.4, -0.2) is 48.5 Å². The molecule has 0 saturated carbocycles. The zero-order chi connectivity index (χ0) is 21.4. The van der Waals surface area contributed by atoms with Crippen molar-refractivity contribution in [2.75, 3.05) is 23.9 Å². The number of ether oxygens (including phenoxy) is 1. The predicted octanol–water partition coefficient (Wildman–Crippen LogP) is 2.24. The number of carbonyl (C=O) groups excluding carboxylic acids is 3. The number of benzene rings is 2. The summed E-state index contributed by atoms with van der Waals surface area (Å²) < 4.78 is 5.09. The molecule has 0 aliphatic carbocycles. The van der Waals surface area contributed by atoms with E-state index in [9.17, 15) is 14.4 Å². The van der Waals surface area contributed by atoms with E-state index in [4.69, 9.17) is 4.74 Å². The highest BCUT2D eigenvalue weighted by Gasteiger charge is 2.55. The van der Waals surface area contributed by atoms with Gasteiger partial charge >= 0.3 is 0 Å². The second kappa shape index (κ2) is 7.58. The van der Waals surface area contributed by atoms with E-state index in [1.807, 2.05) is 19.9 Å². The Kier molecular flexibility index (Phi) is 4.94. The third-order valence-corrected chi connectivity index (χ3v) is 5.29. The van der Waals surface area contributed by atoms with Gasteiger partial charge in [-0.2, -0.15) is 5.11 Å². The van der Waals surface area contributed by atoms with Crippen LogP contribution in [0.4, 0.5) is 11.4 Å². The van der Waals surface area contributed by atoms with Crippen LogP contribution in [0.1, 0.15) is 11.1 Å². The minimum Gasteiger partial charge on any atom is -0.497 e. The third kappa shape index (κ3) is 3.38. The molecule has 2 aliphatic heterocycles. The van der Waals surface area contributed by atoms with E-state index in [0.717, 1.165) is 16.0 Å². The van der Waals surface area contributed by atoms with Crippen LogP contribution in [0.3, 0.4) is 0 Å². The molecule has 1 fully saturated rings. The molecule has 0 radical (unpaired) electrons. The van der Waals surface area contributed by atoms with Gasteiger partial charge in [-0.25, -0.2) is 4.90 Å². The largest absolute Gasteiger partial charge is 0.497 e. The number of hydrogen-bond acceptors (Lipinski definition) is 7. The fraction of sp³-hybridized carbons (Fsp3) is 0.286. The second-order valence-electron chi connectivity index (χ2n) is 7.25. The summed E-state index contributed by atoms with van der Waals surface area (Å²) in [6, 6.07) is 10.4. The maximum Gasteiger partial charge on any atom is 0.263 e. The Morgan fingerprint density at radius 2 is 1.80 bits per heavy atom. The average Bonchev–Trinajstić information content (AvgIpc) is 3.24. The molecule has 2 aromatic carbocycles. The first-order valence-electron chi connectivity index (χ1n) is 9.45. The molecule has 2 heterocycles. The summed E-state index contributed by atoms with van der Waals surface area (Å²) in [7, 11) is 1.56. The maximum absolute atomic E-state index is 13.0. The Morgan fingerprint density at radius 1 is 1.07 bits per heavy atom. The van der Waals surface area contributed by atoms with Crippen LogP contribution in [0.5, 0.6) is 5.75 Å². The molecule has 1 saturated heterocycles.